The molecule has 0 unspecified atom stereocenters. The first-order valence-corrected chi connectivity index (χ1v) is 7.95. The van der Waals surface area contributed by atoms with Crippen molar-refractivity contribution in [2.45, 2.75) is 19.3 Å². The summed E-state index contributed by atoms with van der Waals surface area (Å²) >= 11 is 0. The summed E-state index contributed by atoms with van der Waals surface area (Å²) in [7, 11) is 0. The van der Waals surface area contributed by atoms with Gasteiger partial charge in [0.2, 0.25) is 0 Å². The van der Waals surface area contributed by atoms with Gasteiger partial charge >= 0.3 is 0 Å². The van der Waals surface area contributed by atoms with Gasteiger partial charge in [0, 0.05) is 34.1 Å². The van der Waals surface area contributed by atoms with Gasteiger partial charge in [-0.1, -0.05) is 50.2 Å². The molecule has 0 amide bonds. The predicted octanol–water partition coefficient (Wildman–Crippen LogP) is 5.09. The second-order valence-electron chi connectivity index (χ2n) is 6.75. The standard InChI is InChI=1S/C21H16N2/c1-21(2)16-8-5-11-22-20(16)15-9-10-17-18(19(15)21)14-7-4-3-6-13(14)12-23-17/h3-12H,1-2H3. The van der Waals surface area contributed by atoms with E-state index in [4.69, 9.17) is 4.98 Å². The third kappa shape index (κ3) is 1.53. The Morgan fingerprint density at radius 1 is 0.870 bits per heavy atom. The van der Waals surface area contributed by atoms with Crippen LogP contribution in [0, 0.1) is 0 Å². The van der Waals surface area contributed by atoms with Crippen molar-refractivity contribution in [2.24, 2.45) is 0 Å². The molecule has 2 heteroatoms. The maximum Gasteiger partial charge on any atom is 0.0746 e. The molecule has 0 radical (unpaired) electrons. The fourth-order valence-electron chi connectivity index (χ4n) is 4.05. The first-order valence-electron chi connectivity index (χ1n) is 7.95. The summed E-state index contributed by atoms with van der Waals surface area (Å²) in [6.45, 7) is 4.58. The van der Waals surface area contributed by atoms with Gasteiger partial charge in [0.15, 0.2) is 0 Å². The van der Waals surface area contributed by atoms with Crippen LogP contribution >= 0.6 is 0 Å². The van der Waals surface area contributed by atoms with Crippen molar-refractivity contribution in [3.05, 3.63) is 72.1 Å². The summed E-state index contributed by atoms with van der Waals surface area (Å²) in [4.78, 5) is 9.36. The molecule has 0 aliphatic heterocycles. The van der Waals surface area contributed by atoms with Crippen molar-refractivity contribution in [2.75, 3.05) is 0 Å². The van der Waals surface area contributed by atoms with E-state index < -0.39 is 0 Å². The van der Waals surface area contributed by atoms with Crippen LogP contribution < -0.4 is 0 Å². The maximum absolute atomic E-state index is 4.69. The van der Waals surface area contributed by atoms with Crippen LogP contribution in [0.5, 0.6) is 0 Å². The normalized spacial score (nSPS) is 14.9. The van der Waals surface area contributed by atoms with Gasteiger partial charge < -0.3 is 0 Å². The summed E-state index contributed by atoms with van der Waals surface area (Å²) in [6.07, 6.45) is 3.85. The molecule has 2 heterocycles. The summed E-state index contributed by atoms with van der Waals surface area (Å²) in [5.41, 5.74) is 6.01. The Bertz CT molecular complexity index is 1090. The topological polar surface area (TPSA) is 25.8 Å². The Balaban J connectivity index is 2.04. The molecule has 0 spiro atoms. The van der Waals surface area contributed by atoms with E-state index in [2.05, 4.69) is 61.3 Å². The van der Waals surface area contributed by atoms with Crippen molar-refractivity contribution in [3.63, 3.8) is 0 Å². The molecule has 0 bridgehead atoms. The fourth-order valence-corrected chi connectivity index (χ4v) is 4.05. The van der Waals surface area contributed by atoms with E-state index >= 15 is 0 Å². The Labute approximate surface area is 134 Å². The first kappa shape index (κ1) is 12.8. The second kappa shape index (κ2) is 4.17. The lowest BCUT2D eigenvalue weighted by Gasteiger charge is -2.23. The van der Waals surface area contributed by atoms with Crippen LogP contribution in [0.4, 0.5) is 0 Å². The summed E-state index contributed by atoms with van der Waals surface area (Å²) in [5, 5.41) is 3.73. The van der Waals surface area contributed by atoms with E-state index in [1.807, 2.05) is 18.5 Å². The minimum absolute atomic E-state index is 0.0652. The van der Waals surface area contributed by atoms with Gasteiger partial charge in [-0.3, -0.25) is 9.97 Å². The van der Waals surface area contributed by atoms with Crippen LogP contribution in [-0.2, 0) is 5.41 Å². The third-order valence-electron chi connectivity index (χ3n) is 5.12. The third-order valence-corrected chi connectivity index (χ3v) is 5.12. The number of nitrogens with zero attached hydrogens (tertiary/aromatic N) is 2. The molecule has 2 aromatic carbocycles. The molecule has 0 N–H and O–H groups in total. The van der Waals surface area contributed by atoms with Crippen molar-refractivity contribution in [1.29, 1.82) is 0 Å². The largest absolute Gasteiger partial charge is 0.256 e. The van der Waals surface area contributed by atoms with Gasteiger partial charge in [0.05, 0.1) is 11.2 Å². The summed E-state index contributed by atoms with van der Waals surface area (Å²) < 4.78 is 0. The average molecular weight is 296 g/mol. The lowest BCUT2D eigenvalue weighted by atomic mass is 9.80. The minimum Gasteiger partial charge on any atom is -0.256 e. The molecule has 1 aliphatic carbocycles. The van der Waals surface area contributed by atoms with E-state index in [9.17, 15) is 0 Å². The van der Waals surface area contributed by atoms with Crippen LogP contribution in [-0.4, -0.2) is 9.97 Å². The molecule has 23 heavy (non-hydrogen) atoms. The molecule has 0 saturated heterocycles. The maximum atomic E-state index is 4.69. The van der Waals surface area contributed by atoms with Crippen LogP contribution in [0.25, 0.3) is 32.9 Å². The summed E-state index contributed by atoms with van der Waals surface area (Å²) in [6, 6.07) is 17.0. The Hall–Kier alpha value is -2.74. The average Bonchev–Trinajstić information content (AvgIpc) is 2.83. The monoisotopic (exact) mass is 296 g/mol. The van der Waals surface area contributed by atoms with Gasteiger partial charge in [-0.25, -0.2) is 0 Å². The Morgan fingerprint density at radius 2 is 1.74 bits per heavy atom. The zero-order valence-electron chi connectivity index (χ0n) is 13.2. The fraction of sp³-hybridized carbons (Fsp3) is 0.143. The molecule has 110 valence electrons. The van der Waals surface area contributed by atoms with E-state index in [-0.39, 0.29) is 5.41 Å². The van der Waals surface area contributed by atoms with Gasteiger partial charge in [-0.2, -0.15) is 0 Å². The molecule has 0 saturated carbocycles. The number of benzene rings is 2. The molecule has 2 aromatic heterocycles. The number of aromatic nitrogens is 2. The van der Waals surface area contributed by atoms with Crippen molar-refractivity contribution in [3.8, 4) is 11.3 Å². The smallest absolute Gasteiger partial charge is 0.0746 e. The highest BCUT2D eigenvalue weighted by Crippen LogP contribution is 2.51. The predicted molar refractivity (Wildman–Crippen MR) is 94.6 cm³/mol. The zero-order valence-corrected chi connectivity index (χ0v) is 13.2. The highest BCUT2D eigenvalue weighted by molar-refractivity contribution is 6.10. The molecule has 5 rings (SSSR count). The zero-order chi connectivity index (χ0) is 15.6. The van der Waals surface area contributed by atoms with Crippen LogP contribution in [0.1, 0.15) is 25.0 Å². The number of hydrogen-bond donors (Lipinski definition) is 0. The SMILES string of the molecule is CC1(C)c2cccnc2-c2ccc3ncc4ccccc4c3c21. The van der Waals surface area contributed by atoms with Crippen LogP contribution in [0.15, 0.2) is 60.9 Å². The lowest BCUT2D eigenvalue weighted by Crippen LogP contribution is -2.15. The van der Waals surface area contributed by atoms with Crippen LogP contribution in [0.3, 0.4) is 0 Å². The van der Waals surface area contributed by atoms with Crippen LogP contribution in [0.2, 0.25) is 0 Å². The van der Waals surface area contributed by atoms with Gasteiger partial charge in [0.1, 0.15) is 0 Å². The van der Waals surface area contributed by atoms with Gasteiger partial charge in [-0.05, 0) is 28.6 Å². The van der Waals surface area contributed by atoms with Gasteiger partial charge in [0.25, 0.3) is 0 Å². The number of rotatable bonds is 0. The first-order chi connectivity index (χ1) is 11.2. The number of hydrogen-bond acceptors (Lipinski definition) is 2. The molecular formula is C21H16N2. The van der Waals surface area contributed by atoms with E-state index in [0.29, 0.717) is 0 Å². The second-order valence-corrected chi connectivity index (χ2v) is 6.75. The Morgan fingerprint density at radius 3 is 2.65 bits per heavy atom. The number of pyridine rings is 2. The molecule has 0 fully saturated rings. The van der Waals surface area contributed by atoms with E-state index in [1.54, 1.807) is 0 Å². The minimum atomic E-state index is -0.0652. The van der Waals surface area contributed by atoms with Gasteiger partial charge in [-0.15, -0.1) is 0 Å². The lowest BCUT2D eigenvalue weighted by molar-refractivity contribution is 0.665. The molecule has 2 nitrogen and oxygen atoms in total. The van der Waals surface area contributed by atoms with Crippen molar-refractivity contribution in [1.82, 2.24) is 9.97 Å². The van der Waals surface area contributed by atoms with E-state index in [0.717, 1.165) is 11.2 Å². The highest BCUT2D eigenvalue weighted by atomic mass is 14.7. The quantitative estimate of drug-likeness (QED) is 0.422. The van der Waals surface area contributed by atoms with E-state index in [1.165, 1.54) is 32.8 Å². The highest BCUT2D eigenvalue weighted by Gasteiger charge is 2.38. The Kier molecular flexibility index (Phi) is 2.31. The molecule has 1 aliphatic rings. The van der Waals surface area contributed by atoms with Crippen molar-refractivity contribution < 1.29 is 0 Å². The summed E-state index contributed by atoms with van der Waals surface area (Å²) in [5.74, 6) is 0. The molecule has 0 atom stereocenters. The molecular weight excluding hydrogens is 280 g/mol. The number of fused-ring (bicyclic) bond motifs is 7. The molecule has 4 aromatic rings. The van der Waals surface area contributed by atoms with Crippen molar-refractivity contribution >= 4 is 21.7 Å².